The van der Waals surface area contributed by atoms with Gasteiger partial charge >= 0.3 is 5.97 Å². The molecule has 0 saturated carbocycles. The SMILES string of the molecule is O=C(O)C1CN(Cc2cc(Cl)ccc2Br)C1. The molecule has 0 amide bonds. The predicted molar refractivity (Wildman–Crippen MR) is 65.6 cm³/mol. The molecule has 1 saturated heterocycles. The van der Waals surface area contributed by atoms with Crippen LogP contribution < -0.4 is 0 Å². The Kier molecular flexibility index (Phi) is 3.52. The summed E-state index contributed by atoms with van der Waals surface area (Å²) in [6, 6.07) is 5.64. The lowest BCUT2D eigenvalue weighted by Gasteiger charge is -2.36. The lowest BCUT2D eigenvalue weighted by atomic mass is 10.00. The van der Waals surface area contributed by atoms with Gasteiger partial charge < -0.3 is 5.11 Å². The standard InChI is InChI=1S/C11H11BrClNO2/c12-10-2-1-9(13)3-7(10)4-14-5-8(6-14)11(15)16/h1-3,8H,4-6H2,(H,15,16). The molecule has 5 heteroatoms. The summed E-state index contributed by atoms with van der Waals surface area (Å²) in [5, 5.41) is 9.46. The van der Waals surface area contributed by atoms with Crippen molar-refractivity contribution in [3.8, 4) is 0 Å². The number of likely N-dealkylation sites (tertiary alicyclic amines) is 1. The van der Waals surface area contributed by atoms with Crippen molar-refractivity contribution in [1.29, 1.82) is 0 Å². The van der Waals surface area contributed by atoms with Gasteiger partial charge in [0.15, 0.2) is 0 Å². The van der Waals surface area contributed by atoms with Gasteiger partial charge in [0.2, 0.25) is 0 Å². The van der Waals surface area contributed by atoms with Crippen LogP contribution in [0.3, 0.4) is 0 Å². The summed E-state index contributed by atoms with van der Waals surface area (Å²) in [6.45, 7) is 1.98. The van der Waals surface area contributed by atoms with Crippen LogP contribution in [-0.4, -0.2) is 29.1 Å². The van der Waals surface area contributed by atoms with Crippen LogP contribution in [0, 0.1) is 5.92 Å². The highest BCUT2D eigenvalue weighted by atomic mass is 79.9. The minimum absolute atomic E-state index is 0.210. The molecule has 1 N–H and O–H groups in total. The van der Waals surface area contributed by atoms with Gasteiger partial charge in [0.1, 0.15) is 0 Å². The topological polar surface area (TPSA) is 40.5 Å². The summed E-state index contributed by atoms with van der Waals surface area (Å²) in [5.41, 5.74) is 1.09. The maximum Gasteiger partial charge on any atom is 0.309 e. The molecular weight excluding hydrogens is 293 g/mol. The molecule has 1 aromatic carbocycles. The van der Waals surface area contributed by atoms with Crippen molar-refractivity contribution in [2.45, 2.75) is 6.54 Å². The molecule has 2 rings (SSSR count). The Balaban J connectivity index is 1.96. The first kappa shape index (κ1) is 11.9. The maximum atomic E-state index is 10.6. The number of halogens is 2. The van der Waals surface area contributed by atoms with Gasteiger partial charge in [-0.2, -0.15) is 0 Å². The van der Waals surface area contributed by atoms with Gasteiger partial charge in [-0.05, 0) is 23.8 Å². The van der Waals surface area contributed by atoms with Crippen molar-refractivity contribution in [2.24, 2.45) is 5.92 Å². The Hall–Kier alpha value is -0.580. The summed E-state index contributed by atoms with van der Waals surface area (Å²) >= 11 is 9.36. The molecule has 0 aromatic heterocycles. The fraction of sp³-hybridized carbons (Fsp3) is 0.364. The number of aliphatic carboxylic acids is 1. The number of hydrogen-bond donors (Lipinski definition) is 1. The minimum Gasteiger partial charge on any atom is -0.481 e. The molecule has 0 spiro atoms. The van der Waals surface area contributed by atoms with E-state index in [9.17, 15) is 4.79 Å². The van der Waals surface area contributed by atoms with E-state index in [0.717, 1.165) is 16.6 Å². The molecule has 0 radical (unpaired) electrons. The van der Waals surface area contributed by atoms with Crippen LogP contribution in [0.4, 0.5) is 0 Å². The Morgan fingerprint density at radius 1 is 1.56 bits per heavy atom. The Labute approximate surface area is 107 Å². The van der Waals surface area contributed by atoms with Gasteiger partial charge in [0, 0.05) is 29.1 Å². The van der Waals surface area contributed by atoms with E-state index in [-0.39, 0.29) is 5.92 Å². The third-order valence-electron chi connectivity index (χ3n) is 2.71. The zero-order chi connectivity index (χ0) is 11.7. The van der Waals surface area contributed by atoms with Gasteiger partial charge in [-0.15, -0.1) is 0 Å². The first-order chi connectivity index (χ1) is 7.56. The third kappa shape index (κ3) is 2.56. The molecule has 1 heterocycles. The van der Waals surface area contributed by atoms with Gasteiger partial charge in [-0.1, -0.05) is 27.5 Å². The fourth-order valence-electron chi connectivity index (χ4n) is 1.76. The smallest absolute Gasteiger partial charge is 0.309 e. The third-order valence-corrected chi connectivity index (χ3v) is 3.72. The molecule has 0 bridgehead atoms. The molecule has 1 aromatic rings. The zero-order valence-corrected chi connectivity index (χ0v) is 10.8. The van der Waals surface area contributed by atoms with Gasteiger partial charge in [0.25, 0.3) is 0 Å². The number of hydrogen-bond acceptors (Lipinski definition) is 2. The average Bonchev–Trinajstić information content (AvgIpc) is 2.15. The van der Waals surface area contributed by atoms with Crippen molar-refractivity contribution in [3.05, 3.63) is 33.3 Å². The molecule has 86 valence electrons. The number of nitrogens with zero attached hydrogens (tertiary/aromatic N) is 1. The number of carboxylic acid groups (broad SMARTS) is 1. The summed E-state index contributed by atoms with van der Waals surface area (Å²) in [7, 11) is 0. The predicted octanol–water partition coefficient (Wildman–Crippen LogP) is 2.62. The van der Waals surface area contributed by atoms with E-state index < -0.39 is 5.97 Å². The second-order valence-corrected chi connectivity index (χ2v) is 5.26. The molecule has 0 atom stereocenters. The summed E-state index contributed by atoms with van der Waals surface area (Å²) < 4.78 is 1.01. The zero-order valence-electron chi connectivity index (χ0n) is 8.49. The molecule has 1 aliphatic heterocycles. The summed E-state index contributed by atoms with van der Waals surface area (Å²) in [4.78, 5) is 12.7. The summed E-state index contributed by atoms with van der Waals surface area (Å²) in [6.07, 6.45) is 0. The largest absolute Gasteiger partial charge is 0.481 e. The fourth-order valence-corrected chi connectivity index (χ4v) is 2.33. The van der Waals surface area contributed by atoms with E-state index in [4.69, 9.17) is 16.7 Å². The molecule has 1 aliphatic rings. The van der Waals surface area contributed by atoms with Crippen LogP contribution in [-0.2, 0) is 11.3 Å². The van der Waals surface area contributed by atoms with Crippen LogP contribution in [0.5, 0.6) is 0 Å². The number of carboxylic acids is 1. The molecule has 3 nitrogen and oxygen atoms in total. The number of carbonyl (C=O) groups is 1. The minimum atomic E-state index is -0.707. The first-order valence-corrected chi connectivity index (χ1v) is 6.12. The molecule has 1 fully saturated rings. The van der Waals surface area contributed by atoms with E-state index in [2.05, 4.69) is 20.8 Å². The number of rotatable bonds is 3. The Morgan fingerprint density at radius 2 is 2.25 bits per heavy atom. The van der Waals surface area contributed by atoms with Gasteiger partial charge in [-0.25, -0.2) is 0 Å². The second-order valence-electron chi connectivity index (χ2n) is 3.96. The molecule has 0 unspecified atom stereocenters. The highest BCUT2D eigenvalue weighted by molar-refractivity contribution is 9.10. The number of benzene rings is 1. The first-order valence-electron chi connectivity index (χ1n) is 4.95. The highest BCUT2D eigenvalue weighted by Crippen LogP contribution is 2.25. The Bertz CT molecular complexity index is 418. The van der Waals surface area contributed by atoms with E-state index in [0.29, 0.717) is 18.1 Å². The van der Waals surface area contributed by atoms with E-state index in [1.807, 2.05) is 18.2 Å². The van der Waals surface area contributed by atoms with Crippen LogP contribution in [0.2, 0.25) is 5.02 Å². The molecule has 0 aliphatic carbocycles. The quantitative estimate of drug-likeness (QED) is 0.933. The van der Waals surface area contributed by atoms with Crippen molar-refractivity contribution in [3.63, 3.8) is 0 Å². The van der Waals surface area contributed by atoms with E-state index in [1.54, 1.807) is 0 Å². The average molecular weight is 305 g/mol. The summed E-state index contributed by atoms with van der Waals surface area (Å²) in [5.74, 6) is -0.917. The highest BCUT2D eigenvalue weighted by Gasteiger charge is 2.32. The van der Waals surface area contributed by atoms with Crippen molar-refractivity contribution < 1.29 is 9.90 Å². The van der Waals surface area contributed by atoms with Crippen LogP contribution in [0.15, 0.2) is 22.7 Å². The van der Waals surface area contributed by atoms with Crippen molar-refractivity contribution in [2.75, 3.05) is 13.1 Å². The lowest BCUT2D eigenvalue weighted by molar-refractivity contribution is -0.147. The maximum absolute atomic E-state index is 10.6. The molecule has 16 heavy (non-hydrogen) atoms. The van der Waals surface area contributed by atoms with Crippen molar-refractivity contribution >= 4 is 33.5 Å². The van der Waals surface area contributed by atoms with E-state index in [1.165, 1.54) is 0 Å². The monoisotopic (exact) mass is 303 g/mol. The van der Waals surface area contributed by atoms with Crippen LogP contribution >= 0.6 is 27.5 Å². The second kappa shape index (κ2) is 4.73. The normalized spacial score (nSPS) is 17.1. The van der Waals surface area contributed by atoms with E-state index >= 15 is 0 Å². The van der Waals surface area contributed by atoms with Crippen LogP contribution in [0.25, 0.3) is 0 Å². The van der Waals surface area contributed by atoms with Gasteiger partial charge in [0.05, 0.1) is 5.92 Å². The lowest BCUT2D eigenvalue weighted by Crippen LogP contribution is -2.49. The Morgan fingerprint density at radius 3 is 2.88 bits per heavy atom. The van der Waals surface area contributed by atoms with Crippen molar-refractivity contribution in [1.82, 2.24) is 4.90 Å². The van der Waals surface area contributed by atoms with Crippen LogP contribution in [0.1, 0.15) is 5.56 Å². The van der Waals surface area contributed by atoms with Gasteiger partial charge in [-0.3, -0.25) is 9.69 Å². The molecular formula is C11H11BrClNO2.